The Hall–Kier alpha value is -2.21. The van der Waals surface area contributed by atoms with Crippen LogP contribution in [-0.2, 0) is 10.0 Å². The highest BCUT2D eigenvalue weighted by atomic mass is 32.2. The molecule has 25 heavy (non-hydrogen) atoms. The predicted molar refractivity (Wildman–Crippen MR) is 101 cm³/mol. The molecule has 0 spiro atoms. The fourth-order valence-electron chi connectivity index (χ4n) is 2.98. The van der Waals surface area contributed by atoms with Crippen LogP contribution in [0.25, 0.3) is 0 Å². The zero-order valence-electron chi connectivity index (χ0n) is 14.7. The Kier molecular flexibility index (Phi) is 5.18. The lowest BCUT2D eigenvalue weighted by Crippen LogP contribution is -2.19. The summed E-state index contributed by atoms with van der Waals surface area (Å²) < 4.78 is 33.5. The SMILES string of the molecule is CCOc1ccc(S(=O)(=O)Nc2cc(N3CCCC3)ccc2C)cc1. The summed E-state index contributed by atoms with van der Waals surface area (Å²) in [6, 6.07) is 12.4. The first-order valence-corrected chi connectivity index (χ1v) is 10.1. The van der Waals surface area contributed by atoms with Gasteiger partial charge in [0.25, 0.3) is 10.0 Å². The number of hydrogen-bond acceptors (Lipinski definition) is 4. The second-order valence-electron chi connectivity index (χ2n) is 6.20. The number of hydrogen-bond donors (Lipinski definition) is 1. The Morgan fingerprint density at radius 1 is 1.08 bits per heavy atom. The Balaban J connectivity index is 1.83. The van der Waals surface area contributed by atoms with Crippen molar-refractivity contribution >= 4 is 21.4 Å². The van der Waals surface area contributed by atoms with Gasteiger partial charge < -0.3 is 9.64 Å². The molecule has 1 heterocycles. The van der Waals surface area contributed by atoms with Crippen LogP contribution >= 0.6 is 0 Å². The molecule has 0 amide bonds. The van der Waals surface area contributed by atoms with Gasteiger partial charge in [-0.3, -0.25) is 4.72 Å². The molecule has 2 aromatic rings. The van der Waals surface area contributed by atoms with Gasteiger partial charge in [0.05, 0.1) is 17.2 Å². The summed E-state index contributed by atoms with van der Waals surface area (Å²) in [7, 11) is -3.63. The van der Waals surface area contributed by atoms with Gasteiger partial charge in [-0.25, -0.2) is 8.42 Å². The molecule has 0 aliphatic carbocycles. The van der Waals surface area contributed by atoms with E-state index in [0.717, 1.165) is 24.3 Å². The molecule has 0 bridgehead atoms. The molecule has 1 N–H and O–H groups in total. The maximum Gasteiger partial charge on any atom is 0.261 e. The van der Waals surface area contributed by atoms with Crippen molar-refractivity contribution in [2.75, 3.05) is 29.3 Å². The lowest BCUT2D eigenvalue weighted by atomic mass is 10.2. The maximum absolute atomic E-state index is 12.7. The predicted octanol–water partition coefficient (Wildman–Crippen LogP) is 3.79. The second-order valence-corrected chi connectivity index (χ2v) is 7.89. The number of sulfonamides is 1. The minimum Gasteiger partial charge on any atom is -0.494 e. The van der Waals surface area contributed by atoms with E-state index in [4.69, 9.17) is 4.74 Å². The van der Waals surface area contributed by atoms with E-state index in [1.54, 1.807) is 24.3 Å². The largest absolute Gasteiger partial charge is 0.494 e. The number of nitrogens with one attached hydrogen (secondary N) is 1. The van der Waals surface area contributed by atoms with Crippen LogP contribution in [0.5, 0.6) is 5.75 Å². The molecule has 0 saturated carbocycles. The summed E-state index contributed by atoms with van der Waals surface area (Å²) in [5.74, 6) is 0.661. The average Bonchev–Trinajstić information content (AvgIpc) is 3.12. The highest BCUT2D eigenvalue weighted by Crippen LogP contribution is 2.28. The minimum atomic E-state index is -3.63. The summed E-state index contributed by atoms with van der Waals surface area (Å²) in [6.07, 6.45) is 2.36. The number of anilines is 2. The molecular formula is C19H24N2O3S. The van der Waals surface area contributed by atoms with Crippen molar-refractivity contribution in [2.24, 2.45) is 0 Å². The van der Waals surface area contributed by atoms with Crippen molar-refractivity contribution in [3.63, 3.8) is 0 Å². The Bertz CT molecular complexity index is 826. The van der Waals surface area contributed by atoms with E-state index in [-0.39, 0.29) is 4.90 Å². The van der Waals surface area contributed by atoms with E-state index in [1.165, 1.54) is 12.8 Å². The standard InChI is InChI=1S/C19H24N2O3S/c1-3-24-17-8-10-18(11-9-17)25(22,23)20-19-14-16(7-6-15(19)2)21-12-4-5-13-21/h6-11,14,20H,3-5,12-13H2,1-2H3. The van der Waals surface area contributed by atoms with Crippen molar-refractivity contribution in [2.45, 2.75) is 31.6 Å². The lowest BCUT2D eigenvalue weighted by molar-refractivity contribution is 0.340. The second kappa shape index (κ2) is 7.35. The molecule has 134 valence electrons. The molecule has 1 saturated heterocycles. The van der Waals surface area contributed by atoms with Gasteiger partial charge in [0.15, 0.2) is 0 Å². The van der Waals surface area contributed by atoms with E-state index >= 15 is 0 Å². The molecular weight excluding hydrogens is 336 g/mol. The molecule has 0 unspecified atom stereocenters. The van der Waals surface area contributed by atoms with Crippen LogP contribution in [0.3, 0.4) is 0 Å². The minimum absolute atomic E-state index is 0.224. The average molecular weight is 360 g/mol. The summed E-state index contributed by atoms with van der Waals surface area (Å²) >= 11 is 0. The number of ether oxygens (including phenoxy) is 1. The molecule has 2 aromatic carbocycles. The quantitative estimate of drug-likeness (QED) is 0.851. The normalized spacial score (nSPS) is 14.6. The van der Waals surface area contributed by atoms with Gasteiger partial charge in [-0.05, 0) is 68.7 Å². The van der Waals surface area contributed by atoms with Gasteiger partial charge in [0.2, 0.25) is 0 Å². The first kappa shape index (κ1) is 17.6. The van der Waals surface area contributed by atoms with E-state index < -0.39 is 10.0 Å². The lowest BCUT2D eigenvalue weighted by Gasteiger charge is -2.20. The summed E-state index contributed by atoms with van der Waals surface area (Å²) in [4.78, 5) is 2.51. The topological polar surface area (TPSA) is 58.6 Å². The molecule has 6 heteroatoms. The van der Waals surface area contributed by atoms with Crippen molar-refractivity contribution in [1.82, 2.24) is 0 Å². The van der Waals surface area contributed by atoms with Gasteiger partial charge in [-0.15, -0.1) is 0 Å². The van der Waals surface area contributed by atoms with Crippen molar-refractivity contribution < 1.29 is 13.2 Å². The molecule has 0 radical (unpaired) electrons. The third-order valence-corrected chi connectivity index (χ3v) is 5.76. The number of aryl methyl sites for hydroxylation is 1. The fourth-order valence-corrected chi connectivity index (χ4v) is 4.10. The Morgan fingerprint density at radius 2 is 1.76 bits per heavy atom. The van der Waals surface area contributed by atoms with Crippen LogP contribution in [0.15, 0.2) is 47.4 Å². The Labute approximate surface area is 149 Å². The highest BCUT2D eigenvalue weighted by Gasteiger charge is 2.18. The molecule has 1 aliphatic rings. The van der Waals surface area contributed by atoms with Crippen LogP contribution < -0.4 is 14.4 Å². The number of nitrogens with zero attached hydrogens (tertiary/aromatic N) is 1. The van der Waals surface area contributed by atoms with E-state index in [1.807, 2.05) is 26.0 Å². The number of benzene rings is 2. The zero-order chi connectivity index (χ0) is 17.9. The molecule has 5 nitrogen and oxygen atoms in total. The number of rotatable bonds is 6. The smallest absolute Gasteiger partial charge is 0.261 e. The van der Waals surface area contributed by atoms with E-state index in [2.05, 4.69) is 15.7 Å². The van der Waals surface area contributed by atoms with Crippen molar-refractivity contribution in [3.05, 3.63) is 48.0 Å². The summed E-state index contributed by atoms with van der Waals surface area (Å²) in [6.45, 7) is 6.39. The van der Waals surface area contributed by atoms with Crippen molar-refractivity contribution in [1.29, 1.82) is 0 Å². The molecule has 1 fully saturated rings. The maximum atomic E-state index is 12.7. The van der Waals surface area contributed by atoms with Gasteiger partial charge >= 0.3 is 0 Å². The van der Waals surface area contributed by atoms with Gasteiger partial charge in [-0.2, -0.15) is 0 Å². The summed E-state index contributed by atoms with van der Waals surface area (Å²) in [5.41, 5.74) is 2.59. The molecule has 0 aromatic heterocycles. The zero-order valence-corrected chi connectivity index (χ0v) is 15.5. The van der Waals surface area contributed by atoms with Gasteiger partial charge in [-0.1, -0.05) is 6.07 Å². The van der Waals surface area contributed by atoms with Crippen LogP contribution in [0.1, 0.15) is 25.3 Å². The van der Waals surface area contributed by atoms with Crippen molar-refractivity contribution in [3.8, 4) is 5.75 Å². The highest BCUT2D eigenvalue weighted by molar-refractivity contribution is 7.92. The van der Waals surface area contributed by atoms with Crippen LogP contribution in [0.4, 0.5) is 11.4 Å². The molecule has 3 rings (SSSR count). The third-order valence-electron chi connectivity index (χ3n) is 4.38. The van der Waals surface area contributed by atoms with Crippen LogP contribution in [0.2, 0.25) is 0 Å². The van der Waals surface area contributed by atoms with Gasteiger partial charge in [0, 0.05) is 18.8 Å². The van der Waals surface area contributed by atoms with E-state index in [0.29, 0.717) is 18.0 Å². The molecule has 1 aliphatic heterocycles. The monoisotopic (exact) mass is 360 g/mol. The Morgan fingerprint density at radius 3 is 2.40 bits per heavy atom. The first-order valence-electron chi connectivity index (χ1n) is 8.61. The van der Waals surface area contributed by atoms with E-state index in [9.17, 15) is 8.42 Å². The van der Waals surface area contributed by atoms with Crippen LogP contribution in [0, 0.1) is 6.92 Å². The van der Waals surface area contributed by atoms with Gasteiger partial charge in [0.1, 0.15) is 5.75 Å². The van der Waals surface area contributed by atoms with Crippen LogP contribution in [-0.4, -0.2) is 28.1 Å². The molecule has 0 atom stereocenters. The third kappa shape index (κ3) is 4.07. The fraction of sp³-hybridized carbons (Fsp3) is 0.368. The first-order chi connectivity index (χ1) is 12.0. The summed E-state index contributed by atoms with van der Waals surface area (Å²) in [5, 5.41) is 0.